The van der Waals surface area contributed by atoms with Crippen molar-refractivity contribution in [3.63, 3.8) is 0 Å². The van der Waals surface area contributed by atoms with E-state index in [1.54, 1.807) is 42.5 Å². The number of aliphatic hydroxyl groups is 6. The van der Waals surface area contributed by atoms with Crippen LogP contribution in [0.25, 0.3) is 6.08 Å². The Kier molecular flexibility index (Phi) is 17.9. The summed E-state index contributed by atoms with van der Waals surface area (Å²) in [7, 11) is 0. The van der Waals surface area contributed by atoms with Crippen molar-refractivity contribution in [2.45, 2.75) is 146 Å². The molecule has 4 rings (SSSR count). The summed E-state index contributed by atoms with van der Waals surface area (Å²) in [5, 5.41) is 63.9. The van der Waals surface area contributed by atoms with Crippen molar-refractivity contribution in [1.82, 2.24) is 10.6 Å². The molecule has 1 aromatic carbocycles. The Hall–Kier alpha value is -3.29. The molecule has 10 unspecified atom stereocenters. The average molecular weight is 793 g/mol. The molecule has 0 bridgehead atoms. The van der Waals surface area contributed by atoms with E-state index in [2.05, 4.69) is 24.5 Å². The van der Waals surface area contributed by atoms with E-state index >= 15 is 0 Å². The SMILES string of the molecule is CCCCCC1(CCCCC)OC2C=C(C(=O)NC(C(=O)NCCO)C(C)O)CC(OC(=O)c3ccc(C=CCOC4OC(CO)C(O)C(O)C4O)cc3)C2O1. The maximum atomic E-state index is 13.6. The first-order chi connectivity index (χ1) is 26.9. The molecular formula is C40H60N2O14. The lowest BCUT2D eigenvalue weighted by Crippen LogP contribution is -2.59. The molecule has 2 heterocycles. The number of rotatable bonds is 21. The Bertz CT molecular complexity index is 1460. The van der Waals surface area contributed by atoms with Crippen LogP contribution in [0.15, 0.2) is 42.0 Å². The Morgan fingerprint density at radius 1 is 0.964 bits per heavy atom. The van der Waals surface area contributed by atoms with Crippen molar-refractivity contribution >= 4 is 23.9 Å². The van der Waals surface area contributed by atoms with Crippen LogP contribution in [-0.2, 0) is 33.3 Å². The molecule has 3 aliphatic rings. The van der Waals surface area contributed by atoms with Crippen molar-refractivity contribution in [1.29, 1.82) is 0 Å². The van der Waals surface area contributed by atoms with Gasteiger partial charge in [0.25, 0.3) is 0 Å². The molecule has 2 amide bonds. The van der Waals surface area contributed by atoms with E-state index in [1.165, 1.54) is 6.92 Å². The van der Waals surface area contributed by atoms with Gasteiger partial charge in [-0.3, -0.25) is 9.59 Å². The maximum absolute atomic E-state index is 13.6. The van der Waals surface area contributed by atoms with Crippen LogP contribution in [0.1, 0.15) is 94.5 Å². The number of unbranched alkanes of at least 4 members (excludes halogenated alkanes) is 4. The minimum absolute atomic E-state index is 0.0358. The molecule has 0 spiro atoms. The molecule has 1 aromatic rings. The van der Waals surface area contributed by atoms with Crippen molar-refractivity contribution in [3.8, 4) is 0 Å². The third-order valence-electron chi connectivity index (χ3n) is 10.2. The van der Waals surface area contributed by atoms with Gasteiger partial charge in [-0.1, -0.05) is 63.8 Å². The van der Waals surface area contributed by atoms with E-state index in [0.29, 0.717) is 18.4 Å². The molecule has 0 aromatic heterocycles. The molecule has 8 N–H and O–H groups in total. The van der Waals surface area contributed by atoms with E-state index < -0.39 is 91.3 Å². The highest BCUT2D eigenvalue weighted by Gasteiger charge is 2.52. The second-order valence-corrected chi connectivity index (χ2v) is 14.6. The van der Waals surface area contributed by atoms with Crippen LogP contribution in [-0.4, -0.2) is 142 Å². The summed E-state index contributed by atoms with van der Waals surface area (Å²) in [6, 6.07) is 5.22. The smallest absolute Gasteiger partial charge is 0.338 e. The van der Waals surface area contributed by atoms with Crippen LogP contribution in [0.5, 0.6) is 0 Å². The predicted octanol–water partition coefficient (Wildman–Crippen LogP) is 0.987. The molecule has 10 atom stereocenters. The molecule has 2 fully saturated rings. The van der Waals surface area contributed by atoms with Crippen LogP contribution in [0.4, 0.5) is 0 Å². The summed E-state index contributed by atoms with van der Waals surface area (Å²) >= 11 is 0. The van der Waals surface area contributed by atoms with Crippen molar-refractivity contribution in [2.75, 3.05) is 26.4 Å². The molecule has 0 saturated carbocycles. The summed E-state index contributed by atoms with van der Waals surface area (Å²) < 4.78 is 30.2. The number of ether oxygens (including phenoxy) is 5. The first-order valence-electron chi connectivity index (χ1n) is 19.7. The van der Waals surface area contributed by atoms with Crippen molar-refractivity contribution < 1.29 is 68.7 Å². The topological polar surface area (TPSA) is 243 Å². The van der Waals surface area contributed by atoms with E-state index in [0.717, 1.165) is 38.5 Å². The van der Waals surface area contributed by atoms with Crippen molar-refractivity contribution in [2.24, 2.45) is 0 Å². The van der Waals surface area contributed by atoms with Crippen LogP contribution < -0.4 is 10.6 Å². The highest BCUT2D eigenvalue weighted by Crippen LogP contribution is 2.43. The quantitative estimate of drug-likeness (QED) is 0.0640. The summed E-state index contributed by atoms with van der Waals surface area (Å²) in [4.78, 5) is 40.0. The lowest BCUT2D eigenvalue weighted by molar-refractivity contribution is -0.298. The first-order valence-corrected chi connectivity index (χ1v) is 19.7. The molecule has 56 heavy (non-hydrogen) atoms. The van der Waals surface area contributed by atoms with Gasteiger partial charge in [-0.2, -0.15) is 0 Å². The fourth-order valence-corrected chi connectivity index (χ4v) is 7.00. The molecule has 2 aliphatic heterocycles. The van der Waals surface area contributed by atoms with Gasteiger partial charge >= 0.3 is 5.97 Å². The van der Waals surface area contributed by atoms with Gasteiger partial charge in [0.1, 0.15) is 48.8 Å². The van der Waals surface area contributed by atoms with E-state index in [9.17, 15) is 39.9 Å². The monoisotopic (exact) mass is 792 g/mol. The van der Waals surface area contributed by atoms with Crippen LogP contribution in [0.3, 0.4) is 0 Å². The third kappa shape index (κ3) is 12.1. The Morgan fingerprint density at radius 2 is 1.64 bits per heavy atom. The Labute approximate surface area is 327 Å². The van der Waals surface area contributed by atoms with Gasteiger partial charge in [0.05, 0.1) is 31.5 Å². The van der Waals surface area contributed by atoms with Crippen LogP contribution >= 0.6 is 0 Å². The second kappa shape index (κ2) is 22.0. The Morgan fingerprint density at radius 3 is 2.25 bits per heavy atom. The standard InChI is InChI=1S/C40H60N2O14/c1-4-6-8-16-40(17-9-7-5-2)55-29-22-27(36(49)42-31(24(3)45)37(50)41-18-19-43)21-28(35(29)56-40)53-38(51)26-14-12-25(13-15-26)11-10-20-52-39-34(48)33(47)32(46)30(23-44)54-39/h10-15,22,24,28-35,39,43-48H,4-9,16-21,23H2,1-3H3,(H,41,50)(H,42,49). The van der Waals surface area contributed by atoms with Gasteiger partial charge in [-0.05, 0) is 43.5 Å². The first kappa shape index (κ1) is 45.4. The number of carbonyl (C=O) groups is 3. The van der Waals surface area contributed by atoms with E-state index in [-0.39, 0.29) is 37.3 Å². The van der Waals surface area contributed by atoms with Gasteiger partial charge < -0.3 is 65.0 Å². The largest absolute Gasteiger partial charge is 0.456 e. The minimum atomic E-state index is -1.55. The lowest BCUT2D eigenvalue weighted by Gasteiger charge is -2.39. The normalized spacial score (nSPS) is 28.3. The van der Waals surface area contributed by atoms with Crippen molar-refractivity contribution in [3.05, 3.63) is 53.1 Å². The zero-order valence-corrected chi connectivity index (χ0v) is 32.5. The maximum Gasteiger partial charge on any atom is 0.338 e. The molecule has 1 aliphatic carbocycles. The number of amides is 2. The molecular weight excluding hydrogens is 732 g/mol. The second-order valence-electron chi connectivity index (χ2n) is 14.6. The van der Waals surface area contributed by atoms with E-state index in [1.807, 2.05) is 0 Å². The highest BCUT2D eigenvalue weighted by atomic mass is 16.8. The van der Waals surface area contributed by atoms with E-state index in [4.69, 9.17) is 28.8 Å². The number of hydrogen-bond donors (Lipinski definition) is 8. The zero-order valence-electron chi connectivity index (χ0n) is 32.5. The number of carbonyl (C=O) groups excluding carboxylic acids is 3. The van der Waals surface area contributed by atoms with Crippen LogP contribution in [0.2, 0.25) is 0 Å². The van der Waals surface area contributed by atoms with Crippen LogP contribution in [0, 0.1) is 0 Å². The summed E-state index contributed by atoms with van der Waals surface area (Å²) in [5.41, 5.74) is 1.14. The fourth-order valence-electron chi connectivity index (χ4n) is 7.00. The molecule has 16 nitrogen and oxygen atoms in total. The molecule has 2 saturated heterocycles. The number of esters is 1. The third-order valence-corrected chi connectivity index (χ3v) is 10.2. The zero-order chi connectivity index (χ0) is 40.8. The fraction of sp³-hybridized carbons (Fsp3) is 0.675. The summed E-state index contributed by atoms with van der Waals surface area (Å²) in [6.45, 7) is 4.62. The van der Waals surface area contributed by atoms with Gasteiger partial charge in [0, 0.05) is 31.4 Å². The number of benzene rings is 1. The van der Waals surface area contributed by atoms with Gasteiger partial charge in [0.2, 0.25) is 11.8 Å². The minimum Gasteiger partial charge on any atom is -0.456 e. The van der Waals surface area contributed by atoms with Gasteiger partial charge in [-0.25, -0.2) is 4.79 Å². The molecule has 0 radical (unpaired) electrons. The Balaban J connectivity index is 1.47. The molecule has 16 heteroatoms. The summed E-state index contributed by atoms with van der Waals surface area (Å²) in [6.07, 6.45) is 1.39. The summed E-state index contributed by atoms with van der Waals surface area (Å²) in [5.74, 6) is -2.88. The van der Waals surface area contributed by atoms with Gasteiger partial charge in [-0.15, -0.1) is 0 Å². The number of fused-ring (bicyclic) bond motifs is 1. The lowest BCUT2D eigenvalue weighted by atomic mass is 9.91. The predicted molar refractivity (Wildman–Crippen MR) is 202 cm³/mol. The van der Waals surface area contributed by atoms with Gasteiger partial charge in [0.15, 0.2) is 12.1 Å². The number of hydrogen-bond acceptors (Lipinski definition) is 14. The number of aliphatic hydroxyl groups excluding tert-OH is 6. The highest BCUT2D eigenvalue weighted by molar-refractivity contribution is 5.97. The molecule has 314 valence electrons. The number of nitrogens with one attached hydrogen (secondary N) is 2. The average Bonchev–Trinajstić information content (AvgIpc) is 3.56.